The molecule has 0 spiro atoms. The molecule has 4 nitrogen and oxygen atoms in total. The van der Waals surface area contributed by atoms with E-state index >= 15 is 0 Å². The second-order valence-electron chi connectivity index (χ2n) is 5.02. The van der Waals surface area contributed by atoms with E-state index in [0.717, 1.165) is 37.2 Å². The van der Waals surface area contributed by atoms with Crippen molar-refractivity contribution in [3.8, 4) is 0 Å². The van der Waals surface area contributed by atoms with Crippen LogP contribution in [0.5, 0.6) is 0 Å². The molecule has 102 valence electrons. The van der Waals surface area contributed by atoms with Gasteiger partial charge in [-0.2, -0.15) is 0 Å². The molecule has 1 saturated carbocycles. The van der Waals surface area contributed by atoms with Crippen LogP contribution in [0.25, 0.3) is 0 Å². The van der Waals surface area contributed by atoms with Gasteiger partial charge < -0.3 is 5.32 Å². The molecule has 2 N–H and O–H groups in total. The van der Waals surface area contributed by atoms with Gasteiger partial charge in [0.1, 0.15) is 4.21 Å². The van der Waals surface area contributed by atoms with E-state index in [2.05, 4.69) is 10.0 Å². The highest BCUT2D eigenvalue weighted by molar-refractivity contribution is 7.91. The molecule has 0 atom stereocenters. The summed E-state index contributed by atoms with van der Waals surface area (Å²) in [5, 5.41) is 3.20. The molecule has 0 radical (unpaired) electrons. The van der Waals surface area contributed by atoms with Crippen molar-refractivity contribution in [1.29, 1.82) is 0 Å². The van der Waals surface area contributed by atoms with E-state index in [1.807, 2.05) is 19.9 Å². The Bertz CT molecular complexity index is 504. The summed E-state index contributed by atoms with van der Waals surface area (Å²) >= 11 is 1.34. The Morgan fingerprint density at radius 1 is 1.39 bits per heavy atom. The molecule has 0 bridgehead atoms. The third-order valence-electron chi connectivity index (χ3n) is 3.29. The topological polar surface area (TPSA) is 58.2 Å². The number of hydrogen-bond acceptors (Lipinski definition) is 4. The first-order valence-corrected chi connectivity index (χ1v) is 8.59. The minimum Gasteiger partial charge on any atom is -0.312 e. The first-order valence-electron chi connectivity index (χ1n) is 6.29. The second-order valence-corrected chi connectivity index (χ2v) is 8.10. The van der Waals surface area contributed by atoms with Crippen LogP contribution in [0.1, 0.15) is 38.0 Å². The molecule has 1 aromatic heterocycles. The molecule has 1 fully saturated rings. The molecule has 0 amide bonds. The van der Waals surface area contributed by atoms with Crippen LogP contribution < -0.4 is 10.0 Å². The molecule has 0 saturated heterocycles. The van der Waals surface area contributed by atoms with Crippen molar-refractivity contribution in [2.75, 3.05) is 6.54 Å². The summed E-state index contributed by atoms with van der Waals surface area (Å²) in [6, 6.07) is 3.58. The number of hydrogen-bond donors (Lipinski definition) is 2. The molecule has 1 aromatic rings. The summed E-state index contributed by atoms with van der Waals surface area (Å²) in [4.78, 5) is 1.05. The van der Waals surface area contributed by atoms with E-state index < -0.39 is 10.0 Å². The predicted octanol–water partition coefficient (Wildman–Crippen LogP) is 2.08. The van der Waals surface area contributed by atoms with Gasteiger partial charge in [-0.3, -0.25) is 0 Å². The summed E-state index contributed by atoms with van der Waals surface area (Å²) in [5.41, 5.74) is -0.231. The molecule has 1 aliphatic rings. The minimum absolute atomic E-state index is 0.231. The van der Waals surface area contributed by atoms with Crippen molar-refractivity contribution in [2.45, 2.75) is 49.4 Å². The third-order valence-corrected chi connectivity index (χ3v) is 6.50. The van der Waals surface area contributed by atoms with Crippen molar-refractivity contribution < 1.29 is 8.42 Å². The lowest BCUT2D eigenvalue weighted by molar-refractivity contribution is 0.248. The quantitative estimate of drug-likeness (QED) is 0.842. The summed E-state index contributed by atoms with van der Waals surface area (Å²) in [6.07, 6.45) is 2.97. The maximum absolute atomic E-state index is 12.2. The van der Waals surface area contributed by atoms with E-state index in [1.165, 1.54) is 11.3 Å². The van der Waals surface area contributed by atoms with Crippen LogP contribution in [0.4, 0.5) is 0 Å². The molecular weight excluding hydrogens is 268 g/mol. The standard InChI is InChI=1S/C12H20N2O2S2/c1-3-13-9-10-5-6-11(17-10)18(15,16)14-12(2)7-4-8-12/h5-6,13-14H,3-4,7-9H2,1-2H3. The Labute approximate surface area is 113 Å². The van der Waals surface area contributed by atoms with E-state index in [0.29, 0.717) is 4.21 Å². The van der Waals surface area contributed by atoms with Gasteiger partial charge in [-0.05, 0) is 44.9 Å². The highest BCUT2D eigenvalue weighted by Gasteiger charge is 2.36. The van der Waals surface area contributed by atoms with Crippen LogP contribution in [-0.4, -0.2) is 20.5 Å². The molecule has 2 rings (SSSR count). The van der Waals surface area contributed by atoms with Gasteiger partial charge in [0.25, 0.3) is 10.0 Å². The Morgan fingerprint density at radius 2 is 2.11 bits per heavy atom. The maximum atomic E-state index is 12.2. The van der Waals surface area contributed by atoms with Gasteiger partial charge in [-0.1, -0.05) is 6.92 Å². The highest BCUT2D eigenvalue weighted by Crippen LogP contribution is 2.33. The fraction of sp³-hybridized carbons (Fsp3) is 0.667. The van der Waals surface area contributed by atoms with Gasteiger partial charge in [0.2, 0.25) is 0 Å². The lowest BCUT2D eigenvalue weighted by Crippen LogP contribution is -2.50. The maximum Gasteiger partial charge on any atom is 0.250 e. The molecule has 6 heteroatoms. The van der Waals surface area contributed by atoms with Crippen molar-refractivity contribution in [3.05, 3.63) is 17.0 Å². The van der Waals surface area contributed by atoms with Gasteiger partial charge in [-0.15, -0.1) is 11.3 Å². The van der Waals surface area contributed by atoms with Crippen LogP contribution in [0.15, 0.2) is 16.3 Å². The Hall–Kier alpha value is -0.430. The average molecular weight is 288 g/mol. The number of thiophene rings is 1. The van der Waals surface area contributed by atoms with Gasteiger partial charge in [0.05, 0.1) is 0 Å². The first kappa shape index (κ1) is 14.0. The van der Waals surface area contributed by atoms with E-state index in [9.17, 15) is 8.42 Å². The second kappa shape index (κ2) is 5.28. The Kier molecular flexibility index (Phi) is 4.11. The van der Waals surface area contributed by atoms with Gasteiger partial charge in [-0.25, -0.2) is 13.1 Å². The number of nitrogens with one attached hydrogen (secondary N) is 2. The van der Waals surface area contributed by atoms with Crippen LogP contribution in [0.2, 0.25) is 0 Å². The van der Waals surface area contributed by atoms with Gasteiger partial charge >= 0.3 is 0 Å². The summed E-state index contributed by atoms with van der Waals surface area (Å²) in [6.45, 7) is 5.62. The van der Waals surface area contributed by atoms with Crippen LogP contribution >= 0.6 is 11.3 Å². The molecule has 1 heterocycles. The lowest BCUT2D eigenvalue weighted by atomic mass is 9.80. The molecule has 18 heavy (non-hydrogen) atoms. The smallest absolute Gasteiger partial charge is 0.250 e. The molecule has 0 aromatic carbocycles. The minimum atomic E-state index is -3.34. The molecule has 0 unspecified atom stereocenters. The van der Waals surface area contributed by atoms with Gasteiger partial charge in [0, 0.05) is 17.0 Å². The fourth-order valence-electron chi connectivity index (χ4n) is 2.03. The van der Waals surface area contributed by atoms with Crippen LogP contribution in [0.3, 0.4) is 0 Å². The summed E-state index contributed by atoms with van der Waals surface area (Å²) in [7, 11) is -3.34. The van der Waals surface area contributed by atoms with E-state index in [4.69, 9.17) is 0 Å². The zero-order valence-electron chi connectivity index (χ0n) is 10.8. The average Bonchev–Trinajstić information content (AvgIpc) is 2.73. The zero-order valence-corrected chi connectivity index (χ0v) is 12.5. The zero-order chi connectivity index (χ0) is 13.2. The van der Waals surface area contributed by atoms with E-state index in [-0.39, 0.29) is 5.54 Å². The summed E-state index contributed by atoms with van der Waals surface area (Å²) < 4.78 is 27.7. The lowest BCUT2D eigenvalue weighted by Gasteiger charge is -2.38. The molecule has 1 aliphatic carbocycles. The first-order chi connectivity index (χ1) is 8.45. The van der Waals surface area contributed by atoms with Crippen molar-refractivity contribution in [2.24, 2.45) is 0 Å². The largest absolute Gasteiger partial charge is 0.312 e. The fourth-order valence-corrected chi connectivity index (χ4v) is 4.82. The van der Waals surface area contributed by atoms with Crippen molar-refractivity contribution in [1.82, 2.24) is 10.0 Å². The van der Waals surface area contributed by atoms with Crippen LogP contribution in [-0.2, 0) is 16.6 Å². The normalized spacial score (nSPS) is 18.6. The Balaban J connectivity index is 2.07. The molecule has 0 aliphatic heterocycles. The SMILES string of the molecule is CCNCc1ccc(S(=O)(=O)NC2(C)CCC2)s1. The third kappa shape index (κ3) is 3.12. The van der Waals surface area contributed by atoms with Gasteiger partial charge in [0.15, 0.2) is 0 Å². The summed E-state index contributed by atoms with van der Waals surface area (Å²) in [5.74, 6) is 0. The number of rotatable bonds is 6. The van der Waals surface area contributed by atoms with Crippen molar-refractivity contribution >= 4 is 21.4 Å². The number of sulfonamides is 1. The van der Waals surface area contributed by atoms with Crippen molar-refractivity contribution in [3.63, 3.8) is 0 Å². The highest BCUT2D eigenvalue weighted by atomic mass is 32.2. The monoisotopic (exact) mass is 288 g/mol. The Morgan fingerprint density at radius 3 is 2.67 bits per heavy atom. The predicted molar refractivity (Wildman–Crippen MR) is 74.3 cm³/mol. The van der Waals surface area contributed by atoms with Crippen LogP contribution in [0, 0.1) is 0 Å². The molecular formula is C12H20N2O2S2. The van der Waals surface area contributed by atoms with E-state index in [1.54, 1.807) is 6.07 Å².